The molecule has 0 aromatic heterocycles. The van der Waals surface area contributed by atoms with E-state index in [4.69, 9.17) is 28.9 Å². The van der Waals surface area contributed by atoms with Crippen LogP contribution in [0.3, 0.4) is 0 Å². The Morgan fingerprint density at radius 1 is 1.06 bits per heavy atom. The second kappa shape index (κ2) is 5.13. The highest BCUT2D eigenvalue weighted by Gasteiger charge is 2.13. The van der Waals surface area contributed by atoms with Crippen LogP contribution in [-0.4, -0.2) is 18.1 Å². The summed E-state index contributed by atoms with van der Waals surface area (Å²) in [5.74, 6) is 0. The zero-order chi connectivity index (χ0) is 11.5. The fourth-order valence-corrected chi connectivity index (χ4v) is 2.45. The molecule has 1 saturated heterocycles. The molecule has 0 bridgehead atoms. The SMILES string of the molecule is Nc1cc(Cl)c(NN2CCCCC2)c(Cl)c1. The highest BCUT2D eigenvalue weighted by Crippen LogP contribution is 2.33. The maximum atomic E-state index is 6.10. The topological polar surface area (TPSA) is 41.3 Å². The number of rotatable bonds is 2. The van der Waals surface area contributed by atoms with Crippen LogP contribution in [0.25, 0.3) is 0 Å². The Bertz CT molecular complexity index is 352. The summed E-state index contributed by atoms with van der Waals surface area (Å²) in [6.07, 6.45) is 3.70. The van der Waals surface area contributed by atoms with E-state index in [9.17, 15) is 0 Å². The van der Waals surface area contributed by atoms with Gasteiger partial charge in [-0.15, -0.1) is 0 Å². The molecule has 1 aromatic carbocycles. The molecule has 0 amide bonds. The van der Waals surface area contributed by atoms with E-state index in [-0.39, 0.29) is 0 Å². The van der Waals surface area contributed by atoms with Gasteiger partial charge in [0, 0.05) is 18.8 Å². The highest BCUT2D eigenvalue weighted by atomic mass is 35.5. The van der Waals surface area contributed by atoms with Crippen LogP contribution < -0.4 is 11.2 Å². The first-order valence-electron chi connectivity index (χ1n) is 5.43. The lowest BCUT2D eigenvalue weighted by Crippen LogP contribution is -2.35. The molecule has 0 spiro atoms. The van der Waals surface area contributed by atoms with Crippen LogP contribution in [0.4, 0.5) is 11.4 Å². The second-order valence-electron chi connectivity index (χ2n) is 4.02. The Kier molecular flexibility index (Phi) is 3.79. The predicted octanol–water partition coefficient (Wildman–Crippen LogP) is 3.39. The summed E-state index contributed by atoms with van der Waals surface area (Å²) < 4.78 is 0. The van der Waals surface area contributed by atoms with Crippen molar-refractivity contribution in [3.63, 3.8) is 0 Å². The Morgan fingerprint density at radius 2 is 1.62 bits per heavy atom. The summed E-state index contributed by atoms with van der Waals surface area (Å²) in [6.45, 7) is 2.05. The van der Waals surface area contributed by atoms with Crippen molar-refractivity contribution in [3.8, 4) is 0 Å². The van der Waals surface area contributed by atoms with Crippen molar-refractivity contribution < 1.29 is 0 Å². The molecule has 0 aliphatic carbocycles. The van der Waals surface area contributed by atoms with Gasteiger partial charge in [0.1, 0.15) is 0 Å². The van der Waals surface area contributed by atoms with Crippen LogP contribution >= 0.6 is 23.2 Å². The number of nitrogens with two attached hydrogens (primary N) is 1. The minimum atomic E-state index is 0.565. The van der Waals surface area contributed by atoms with E-state index in [0.29, 0.717) is 15.7 Å². The quantitative estimate of drug-likeness (QED) is 0.801. The molecule has 5 heteroatoms. The van der Waals surface area contributed by atoms with Gasteiger partial charge in [0.2, 0.25) is 0 Å². The number of benzene rings is 1. The predicted molar refractivity (Wildman–Crippen MR) is 69.9 cm³/mol. The van der Waals surface area contributed by atoms with Crippen LogP contribution in [0.5, 0.6) is 0 Å². The van der Waals surface area contributed by atoms with Crippen molar-refractivity contribution in [2.75, 3.05) is 24.2 Å². The minimum absolute atomic E-state index is 0.565. The maximum Gasteiger partial charge on any atom is 0.0866 e. The first-order valence-corrected chi connectivity index (χ1v) is 6.18. The number of halogens is 2. The Hall–Kier alpha value is -0.640. The van der Waals surface area contributed by atoms with Crippen molar-refractivity contribution in [3.05, 3.63) is 22.2 Å². The fraction of sp³-hybridized carbons (Fsp3) is 0.455. The molecule has 0 unspecified atom stereocenters. The van der Waals surface area contributed by atoms with E-state index in [2.05, 4.69) is 10.4 Å². The molecule has 1 aliphatic rings. The third-order valence-corrected chi connectivity index (χ3v) is 3.29. The van der Waals surface area contributed by atoms with Crippen LogP contribution in [-0.2, 0) is 0 Å². The summed E-state index contributed by atoms with van der Waals surface area (Å²) in [7, 11) is 0. The standard InChI is InChI=1S/C11H15Cl2N3/c12-9-6-8(14)7-10(13)11(9)15-16-4-2-1-3-5-16/h6-7,15H,1-5,14H2. The van der Waals surface area contributed by atoms with Crippen molar-refractivity contribution in [1.29, 1.82) is 0 Å². The van der Waals surface area contributed by atoms with Crippen molar-refractivity contribution in [1.82, 2.24) is 5.01 Å². The number of piperidine rings is 1. The Balaban J connectivity index is 2.14. The van der Waals surface area contributed by atoms with Crippen LogP contribution in [0, 0.1) is 0 Å². The van der Waals surface area contributed by atoms with Gasteiger partial charge in [-0.1, -0.05) is 29.6 Å². The zero-order valence-electron chi connectivity index (χ0n) is 8.97. The van der Waals surface area contributed by atoms with E-state index < -0.39 is 0 Å². The van der Waals surface area contributed by atoms with Gasteiger partial charge in [-0.2, -0.15) is 0 Å². The van der Waals surface area contributed by atoms with Gasteiger partial charge in [-0.05, 0) is 25.0 Å². The number of hydrogen-bond acceptors (Lipinski definition) is 3. The Labute approximate surface area is 105 Å². The fourth-order valence-electron chi connectivity index (χ4n) is 1.86. The third kappa shape index (κ3) is 2.73. The number of nitrogens with one attached hydrogen (secondary N) is 1. The molecule has 0 saturated carbocycles. The average Bonchev–Trinajstić information content (AvgIpc) is 2.25. The molecule has 1 aliphatic heterocycles. The molecule has 16 heavy (non-hydrogen) atoms. The first-order chi connectivity index (χ1) is 7.66. The van der Waals surface area contributed by atoms with Crippen LogP contribution in [0.2, 0.25) is 10.0 Å². The summed E-state index contributed by atoms with van der Waals surface area (Å²) >= 11 is 12.2. The lowest BCUT2D eigenvalue weighted by Gasteiger charge is -2.28. The maximum absolute atomic E-state index is 6.10. The molecule has 0 atom stereocenters. The molecule has 3 N–H and O–H groups in total. The van der Waals surface area contributed by atoms with Crippen LogP contribution in [0.1, 0.15) is 19.3 Å². The van der Waals surface area contributed by atoms with Gasteiger partial charge in [0.25, 0.3) is 0 Å². The molecular weight excluding hydrogens is 245 g/mol. The number of hydrazine groups is 1. The van der Waals surface area contributed by atoms with E-state index >= 15 is 0 Å². The van der Waals surface area contributed by atoms with E-state index in [1.165, 1.54) is 19.3 Å². The monoisotopic (exact) mass is 259 g/mol. The van der Waals surface area contributed by atoms with E-state index in [0.717, 1.165) is 18.8 Å². The number of nitrogen functional groups attached to an aromatic ring is 1. The average molecular weight is 260 g/mol. The smallest absolute Gasteiger partial charge is 0.0866 e. The molecule has 2 rings (SSSR count). The zero-order valence-corrected chi connectivity index (χ0v) is 10.5. The van der Waals surface area contributed by atoms with E-state index in [1.807, 2.05) is 0 Å². The van der Waals surface area contributed by atoms with E-state index in [1.54, 1.807) is 12.1 Å². The van der Waals surface area contributed by atoms with Gasteiger partial charge in [0.05, 0.1) is 15.7 Å². The molecule has 1 aromatic rings. The largest absolute Gasteiger partial charge is 0.399 e. The summed E-state index contributed by atoms with van der Waals surface area (Å²) in [5, 5.41) is 3.28. The molecule has 3 nitrogen and oxygen atoms in total. The van der Waals surface area contributed by atoms with Crippen LogP contribution in [0.15, 0.2) is 12.1 Å². The van der Waals surface area contributed by atoms with Gasteiger partial charge in [-0.25, -0.2) is 5.01 Å². The van der Waals surface area contributed by atoms with Crippen molar-refractivity contribution >= 4 is 34.6 Å². The second-order valence-corrected chi connectivity index (χ2v) is 4.83. The normalized spacial score (nSPS) is 17.4. The summed E-state index contributed by atoms with van der Waals surface area (Å²) in [6, 6.07) is 3.42. The summed E-state index contributed by atoms with van der Waals surface area (Å²) in [4.78, 5) is 0. The van der Waals surface area contributed by atoms with Crippen molar-refractivity contribution in [2.45, 2.75) is 19.3 Å². The molecule has 1 heterocycles. The molecular formula is C11H15Cl2N3. The van der Waals surface area contributed by atoms with Crippen molar-refractivity contribution in [2.24, 2.45) is 0 Å². The summed E-state index contributed by atoms with van der Waals surface area (Å²) in [5.41, 5.74) is 10.2. The molecule has 88 valence electrons. The third-order valence-electron chi connectivity index (χ3n) is 2.69. The van der Waals surface area contributed by atoms with Gasteiger partial charge in [-0.3, -0.25) is 0 Å². The lowest BCUT2D eigenvalue weighted by molar-refractivity contribution is 0.273. The van der Waals surface area contributed by atoms with Gasteiger partial charge < -0.3 is 11.2 Å². The number of nitrogens with zero attached hydrogens (tertiary/aromatic N) is 1. The molecule has 1 fully saturated rings. The molecule has 0 radical (unpaired) electrons. The number of anilines is 2. The highest BCUT2D eigenvalue weighted by molar-refractivity contribution is 6.39. The van der Waals surface area contributed by atoms with Gasteiger partial charge >= 0.3 is 0 Å². The lowest BCUT2D eigenvalue weighted by atomic mass is 10.2. The van der Waals surface area contributed by atoms with Gasteiger partial charge in [0.15, 0.2) is 0 Å². The Morgan fingerprint density at radius 3 is 2.19 bits per heavy atom. The first kappa shape index (κ1) is 11.8. The number of hydrogen-bond donors (Lipinski definition) is 2. The minimum Gasteiger partial charge on any atom is -0.399 e.